The highest BCUT2D eigenvalue weighted by atomic mass is 35.5. The summed E-state index contributed by atoms with van der Waals surface area (Å²) in [7, 11) is 0. The van der Waals surface area contributed by atoms with Crippen LogP contribution in [0.4, 0.5) is 0 Å². The van der Waals surface area contributed by atoms with Crippen LogP contribution in [0.1, 0.15) is 24.6 Å². The standard InChI is InChI=1S/C7H11N3.ClH/c8-6-2-1-3-10-5-9-4-7(6)10;/h4-6H,1-3,8H2;1H. The largest absolute Gasteiger partial charge is 0.333 e. The van der Waals surface area contributed by atoms with Crippen molar-refractivity contribution in [2.45, 2.75) is 25.4 Å². The average Bonchev–Trinajstić information content (AvgIpc) is 2.36. The molecule has 1 aliphatic rings. The first-order valence-electron chi connectivity index (χ1n) is 3.63. The normalized spacial score (nSPS) is 22.1. The summed E-state index contributed by atoms with van der Waals surface area (Å²) in [5.74, 6) is 0. The molecule has 3 nitrogen and oxygen atoms in total. The lowest BCUT2D eigenvalue weighted by Crippen LogP contribution is -2.20. The van der Waals surface area contributed by atoms with E-state index in [1.165, 1.54) is 12.1 Å². The summed E-state index contributed by atoms with van der Waals surface area (Å²) in [4.78, 5) is 4.04. The van der Waals surface area contributed by atoms with Gasteiger partial charge in [0.2, 0.25) is 0 Å². The molecule has 0 aliphatic carbocycles. The predicted octanol–water partition coefficient (Wildman–Crippen LogP) is 1.10. The summed E-state index contributed by atoms with van der Waals surface area (Å²) in [6.45, 7) is 1.09. The fraction of sp³-hybridized carbons (Fsp3) is 0.571. The van der Waals surface area contributed by atoms with Crippen LogP contribution in [-0.4, -0.2) is 9.55 Å². The van der Waals surface area contributed by atoms with Crippen molar-refractivity contribution in [3.63, 3.8) is 0 Å². The van der Waals surface area contributed by atoms with Gasteiger partial charge in [-0.3, -0.25) is 0 Å². The Kier molecular flexibility index (Phi) is 2.52. The van der Waals surface area contributed by atoms with Crippen molar-refractivity contribution < 1.29 is 0 Å². The third-order valence-electron chi connectivity index (χ3n) is 2.04. The lowest BCUT2D eigenvalue weighted by Gasteiger charge is -2.19. The van der Waals surface area contributed by atoms with Gasteiger partial charge in [-0.05, 0) is 12.8 Å². The van der Waals surface area contributed by atoms with E-state index in [-0.39, 0.29) is 18.4 Å². The maximum atomic E-state index is 5.83. The molecule has 4 heteroatoms. The third kappa shape index (κ3) is 1.39. The lowest BCUT2D eigenvalue weighted by atomic mass is 10.1. The fourth-order valence-corrected chi connectivity index (χ4v) is 1.46. The van der Waals surface area contributed by atoms with Crippen molar-refractivity contribution >= 4 is 12.4 Å². The molecule has 0 amide bonds. The van der Waals surface area contributed by atoms with E-state index in [0.717, 1.165) is 13.0 Å². The quantitative estimate of drug-likeness (QED) is 0.639. The molecule has 62 valence electrons. The number of nitrogens with two attached hydrogens (primary N) is 1. The highest BCUT2D eigenvalue weighted by molar-refractivity contribution is 5.85. The van der Waals surface area contributed by atoms with Gasteiger partial charge in [0.15, 0.2) is 0 Å². The van der Waals surface area contributed by atoms with E-state index in [1.807, 2.05) is 12.5 Å². The Hall–Kier alpha value is -0.540. The molecule has 0 saturated heterocycles. The Morgan fingerprint density at radius 2 is 2.45 bits per heavy atom. The van der Waals surface area contributed by atoms with Gasteiger partial charge in [-0.25, -0.2) is 4.98 Å². The maximum absolute atomic E-state index is 5.83. The van der Waals surface area contributed by atoms with Crippen molar-refractivity contribution in [2.24, 2.45) is 5.73 Å². The number of aromatic nitrogens is 2. The van der Waals surface area contributed by atoms with Crippen molar-refractivity contribution in [3.05, 3.63) is 18.2 Å². The molecule has 1 unspecified atom stereocenters. The van der Waals surface area contributed by atoms with Crippen molar-refractivity contribution in [3.8, 4) is 0 Å². The van der Waals surface area contributed by atoms with Crippen LogP contribution in [0, 0.1) is 0 Å². The summed E-state index contributed by atoms with van der Waals surface area (Å²) < 4.78 is 2.13. The zero-order valence-corrected chi connectivity index (χ0v) is 7.05. The first-order chi connectivity index (χ1) is 4.88. The zero-order chi connectivity index (χ0) is 6.97. The molecular formula is C7H12ClN3. The van der Waals surface area contributed by atoms with Gasteiger partial charge in [0.05, 0.1) is 12.0 Å². The predicted molar refractivity (Wildman–Crippen MR) is 45.6 cm³/mol. The fourth-order valence-electron chi connectivity index (χ4n) is 1.46. The summed E-state index contributed by atoms with van der Waals surface area (Å²) >= 11 is 0. The first kappa shape index (κ1) is 8.56. The van der Waals surface area contributed by atoms with Gasteiger partial charge in [-0.2, -0.15) is 0 Å². The molecule has 2 rings (SSSR count). The Labute approximate surface area is 72.0 Å². The van der Waals surface area contributed by atoms with E-state index in [4.69, 9.17) is 5.73 Å². The van der Waals surface area contributed by atoms with E-state index >= 15 is 0 Å². The molecule has 11 heavy (non-hydrogen) atoms. The molecular weight excluding hydrogens is 162 g/mol. The molecule has 0 saturated carbocycles. The molecule has 0 radical (unpaired) electrons. The zero-order valence-electron chi connectivity index (χ0n) is 6.23. The van der Waals surface area contributed by atoms with E-state index in [1.54, 1.807) is 0 Å². The van der Waals surface area contributed by atoms with Gasteiger partial charge in [0.1, 0.15) is 0 Å². The number of hydrogen-bond donors (Lipinski definition) is 1. The topological polar surface area (TPSA) is 43.8 Å². The SMILES string of the molecule is Cl.NC1CCCn2cncc21. The molecule has 1 aromatic heterocycles. The Morgan fingerprint density at radius 3 is 3.18 bits per heavy atom. The van der Waals surface area contributed by atoms with Gasteiger partial charge >= 0.3 is 0 Å². The lowest BCUT2D eigenvalue weighted by molar-refractivity contribution is 0.463. The molecule has 0 fully saturated rings. The second-order valence-electron chi connectivity index (χ2n) is 2.76. The maximum Gasteiger partial charge on any atom is 0.0948 e. The smallest absolute Gasteiger partial charge is 0.0948 e. The summed E-state index contributed by atoms with van der Waals surface area (Å²) in [6.07, 6.45) is 6.01. The minimum absolute atomic E-state index is 0. The average molecular weight is 174 g/mol. The molecule has 0 aromatic carbocycles. The van der Waals surface area contributed by atoms with Gasteiger partial charge < -0.3 is 10.3 Å². The van der Waals surface area contributed by atoms with Crippen molar-refractivity contribution in [2.75, 3.05) is 0 Å². The second kappa shape index (κ2) is 3.24. The van der Waals surface area contributed by atoms with Crippen LogP contribution in [0.5, 0.6) is 0 Å². The van der Waals surface area contributed by atoms with E-state index < -0.39 is 0 Å². The van der Waals surface area contributed by atoms with Gasteiger partial charge in [-0.15, -0.1) is 12.4 Å². The highest BCUT2D eigenvalue weighted by Gasteiger charge is 2.15. The minimum Gasteiger partial charge on any atom is -0.333 e. The van der Waals surface area contributed by atoms with Crippen LogP contribution >= 0.6 is 12.4 Å². The second-order valence-corrected chi connectivity index (χ2v) is 2.76. The Balaban J connectivity index is 0.000000605. The van der Waals surface area contributed by atoms with Crippen LogP contribution < -0.4 is 5.73 Å². The van der Waals surface area contributed by atoms with Crippen molar-refractivity contribution in [1.82, 2.24) is 9.55 Å². The summed E-state index contributed by atoms with van der Waals surface area (Å²) in [6, 6.07) is 0.219. The number of nitrogens with zero attached hydrogens (tertiary/aromatic N) is 2. The Morgan fingerprint density at radius 1 is 1.64 bits per heavy atom. The van der Waals surface area contributed by atoms with E-state index in [9.17, 15) is 0 Å². The number of hydrogen-bond acceptors (Lipinski definition) is 2. The number of halogens is 1. The van der Waals surface area contributed by atoms with Gasteiger partial charge in [0, 0.05) is 18.8 Å². The molecule has 2 heterocycles. The van der Waals surface area contributed by atoms with Crippen LogP contribution in [0.2, 0.25) is 0 Å². The third-order valence-corrected chi connectivity index (χ3v) is 2.04. The van der Waals surface area contributed by atoms with Crippen LogP contribution in [-0.2, 0) is 6.54 Å². The molecule has 1 aliphatic heterocycles. The molecule has 2 N–H and O–H groups in total. The number of rotatable bonds is 0. The first-order valence-corrected chi connectivity index (χ1v) is 3.63. The van der Waals surface area contributed by atoms with Gasteiger partial charge in [0.25, 0.3) is 0 Å². The molecule has 0 bridgehead atoms. The highest BCUT2D eigenvalue weighted by Crippen LogP contribution is 2.20. The summed E-state index contributed by atoms with van der Waals surface area (Å²) in [5, 5.41) is 0. The van der Waals surface area contributed by atoms with Gasteiger partial charge in [-0.1, -0.05) is 0 Å². The Bertz CT molecular complexity index is 233. The minimum atomic E-state index is 0. The number of fused-ring (bicyclic) bond motifs is 1. The molecule has 1 aromatic rings. The molecule has 0 spiro atoms. The summed E-state index contributed by atoms with van der Waals surface area (Å²) in [5.41, 5.74) is 7.02. The molecule has 1 atom stereocenters. The van der Waals surface area contributed by atoms with Crippen LogP contribution in [0.3, 0.4) is 0 Å². The number of imidazole rings is 1. The van der Waals surface area contributed by atoms with Crippen LogP contribution in [0.25, 0.3) is 0 Å². The monoisotopic (exact) mass is 173 g/mol. The van der Waals surface area contributed by atoms with E-state index in [2.05, 4.69) is 9.55 Å². The van der Waals surface area contributed by atoms with Crippen molar-refractivity contribution in [1.29, 1.82) is 0 Å². The number of aryl methyl sites for hydroxylation is 1. The van der Waals surface area contributed by atoms with E-state index in [0.29, 0.717) is 0 Å². The van der Waals surface area contributed by atoms with Crippen LogP contribution in [0.15, 0.2) is 12.5 Å².